The second kappa shape index (κ2) is 12.9. The normalized spacial score (nSPS) is 17.4. The van der Waals surface area contributed by atoms with Crippen molar-refractivity contribution in [1.29, 1.82) is 0 Å². The molecule has 0 aliphatic rings. The van der Waals surface area contributed by atoms with E-state index in [0.29, 0.717) is 6.42 Å². The van der Waals surface area contributed by atoms with E-state index in [4.69, 9.17) is 5.73 Å². The Morgan fingerprint density at radius 1 is 0.929 bits per heavy atom. The van der Waals surface area contributed by atoms with E-state index in [1.807, 2.05) is 0 Å². The predicted molar refractivity (Wildman–Crippen MR) is 110 cm³/mol. The Morgan fingerprint density at radius 3 is 1.86 bits per heavy atom. The molecule has 0 aliphatic heterocycles. The van der Waals surface area contributed by atoms with Gasteiger partial charge in [0.1, 0.15) is 18.1 Å². The fraction of sp³-hybridized carbons (Fsp3) is 0.750. The summed E-state index contributed by atoms with van der Waals surface area (Å²) in [7, 11) is 0. The van der Waals surface area contributed by atoms with Crippen molar-refractivity contribution in [3.8, 4) is 0 Å². The van der Waals surface area contributed by atoms with Crippen molar-refractivity contribution in [3.05, 3.63) is 0 Å². The first-order chi connectivity index (χ1) is 13.0. The van der Waals surface area contributed by atoms with Crippen molar-refractivity contribution in [2.45, 2.75) is 57.5 Å². The van der Waals surface area contributed by atoms with E-state index in [1.54, 1.807) is 13.8 Å². The van der Waals surface area contributed by atoms with E-state index >= 15 is 0 Å². The van der Waals surface area contributed by atoms with Gasteiger partial charge in [-0.05, 0) is 12.8 Å². The van der Waals surface area contributed by atoms with E-state index in [9.17, 15) is 29.4 Å². The molecule has 7 N–H and O–H groups in total. The number of carboxylic acid groups (broad SMARTS) is 1. The Labute approximate surface area is 175 Å². The first-order valence-corrected chi connectivity index (χ1v) is 10.1. The number of carbonyl (C=O) groups excluding carboxylic acids is 3. The molecular formula is C16H30N4O6S2. The lowest BCUT2D eigenvalue weighted by molar-refractivity contribution is -0.144. The number of hydrogen-bond donors (Lipinski definition) is 8. The molecule has 0 radical (unpaired) electrons. The monoisotopic (exact) mass is 438 g/mol. The molecule has 0 saturated carbocycles. The standard InChI is InChI=1S/C16H30N4O6S2/c1-4-7(2)11(16(25)26)19-15(24)12(8(3)21)20-14(23)10(6-28)18-13(22)9(17)5-27/h7-12,21,27-28H,4-6,17H2,1-3H3,(H,18,22)(H,19,24)(H,20,23)(H,25,26). The smallest absolute Gasteiger partial charge is 0.326 e. The zero-order valence-corrected chi connectivity index (χ0v) is 17.9. The molecule has 0 rings (SSSR count). The lowest BCUT2D eigenvalue weighted by Crippen LogP contribution is -2.60. The molecule has 0 aliphatic carbocycles. The molecule has 10 nitrogen and oxygen atoms in total. The van der Waals surface area contributed by atoms with Gasteiger partial charge in [0.2, 0.25) is 17.7 Å². The molecule has 0 aromatic rings. The van der Waals surface area contributed by atoms with Gasteiger partial charge >= 0.3 is 5.97 Å². The van der Waals surface area contributed by atoms with Crippen LogP contribution in [0.1, 0.15) is 27.2 Å². The summed E-state index contributed by atoms with van der Waals surface area (Å²) in [5.41, 5.74) is 5.54. The number of rotatable bonds is 12. The zero-order chi connectivity index (χ0) is 22.0. The van der Waals surface area contributed by atoms with Crippen molar-refractivity contribution in [2.24, 2.45) is 11.7 Å². The quantitative estimate of drug-likeness (QED) is 0.165. The minimum absolute atomic E-state index is 0.0671. The summed E-state index contributed by atoms with van der Waals surface area (Å²) in [4.78, 5) is 48.1. The van der Waals surface area contributed by atoms with E-state index in [1.165, 1.54) is 6.92 Å². The molecule has 3 amide bonds. The Kier molecular flexibility index (Phi) is 12.2. The van der Waals surface area contributed by atoms with Crippen molar-refractivity contribution >= 4 is 48.9 Å². The van der Waals surface area contributed by atoms with Gasteiger partial charge < -0.3 is 31.9 Å². The Balaban J connectivity index is 5.21. The third-order valence-corrected chi connectivity index (χ3v) is 4.95. The number of hydrogen-bond acceptors (Lipinski definition) is 8. The number of amides is 3. The molecule has 162 valence electrons. The van der Waals surface area contributed by atoms with Gasteiger partial charge in [-0.3, -0.25) is 14.4 Å². The van der Waals surface area contributed by atoms with Crippen LogP contribution < -0.4 is 21.7 Å². The fourth-order valence-corrected chi connectivity index (χ4v) is 2.56. The summed E-state index contributed by atoms with van der Waals surface area (Å²) in [6.45, 7) is 4.71. The van der Waals surface area contributed by atoms with Crippen LogP contribution in [0.25, 0.3) is 0 Å². The van der Waals surface area contributed by atoms with E-state index in [-0.39, 0.29) is 17.4 Å². The van der Waals surface area contributed by atoms with Crippen LogP contribution in [-0.4, -0.2) is 75.7 Å². The van der Waals surface area contributed by atoms with Crippen molar-refractivity contribution in [2.75, 3.05) is 11.5 Å². The van der Waals surface area contributed by atoms with Gasteiger partial charge in [-0.2, -0.15) is 25.3 Å². The molecule has 0 heterocycles. The summed E-state index contributed by atoms with van der Waals surface area (Å²) in [5, 5.41) is 26.2. The van der Waals surface area contributed by atoms with Crippen LogP contribution in [0.2, 0.25) is 0 Å². The van der Waals surface area contributed by atoms with Gasteiger partial charge in [-0.1, -0.05) is 20.3 Å². The molecule has 0 saturated heterocycles. The highest BCUT2D eigenvalue weighted by molar-refractivity contribution is 7.80. The number of aliphatic hydroxyl groups excluding tert-OH is 1. The van der Waals surface area contributed by atoms with Crippen LogP contribution in [0.5, 0.6) is 0 Å². The van der Waals surface area contributed by atoms with Crippen molar-refractivity contribution in [3.63, 3.8) is 0 Å². The van der Waals surface area contributed by atoms with E-state index < -0.39 is 54.0 Å². The van der Waals surface area contributed by atoms with Gasteiger partial charge in [0, 0.05) is 11.5 Å². The van der Waals surface area contributed by atoms with E-state index in [0.717, 1.165) is 0 Å². The number of aliphatic hydroxyl groups is 1. The van der Waals surface area contributed by atoms with Crippen molar-refractivity contribution < 1.29 is 29.4 Å². The third kappa shape index (κ3) is 8.25. The van der Waals surface area contributed by atoms with Crippen LogP contribution in [-0.2, 0) is 19.2 Å². The number of thiol groups is 2. The van der Waals surface area contributed by atoms with Crippen LogP contribution in [0.3, 0.4) is 0 Å². The number of nitrogens with one attached hydrogen (secondary N) is 3. The third-order valence-electron chi connectivity index (χ3n) is 4.19. The maximum absolute atomic E-state index is 12.5. The van der Waals surface area contributed by atoms with Gasteiger partial charge in [-0.15, -0.1) is 0 Å². The summed E-state index contributed by atoms with van der Waals surface area (Å²) in [6.07, 6.45) is -0.812. The van der Waals surface area contributed by atoms with Gasteiger partial charge in [0.05, 0.1) is 12.1 Å². The number of carbonyl (C=O) groups is 4. The van der Waals surface area contributed by atoms with Crippen LogP contribution in [0.4, 0.5) is 0 Å². The maximum Gasteiger partial charge on any atom is 0.326 e. The van der Waals surface area contributed by atoms with Gasteiger partial charge in [0.25, 0.3) is 0 Å². The minimum Gasteiger partial charge on any atom is -0.480 e. The fourth-order valence-electron chi connectivity index (χ4n) is 2.14. The Hall–Kier alpha value is -1.50. The second-order valence-electron chi connectivity index (χ2n) is 6.47. The number of nitrogens with two attached hydrogens (primary N) is 1. The lowest BCUT2D eigenvalue weighted by Gasteiger charge is -2.27. The Morgan fingerprint density at radius 2 is 1.46 bits per heavy atom. The molecule has 0 fully saturated rings. The lowest BCUT2D eigenvalue weighted by atomic mass is 9.98. The molecule has 0 aromatic carbocycles. The molecule has 0 bridgehead atoms. The average Bonchev–Trinajstić information content (AvgIpc) is 2.65. The van der Waals surface area contributed by atoms with Gasteiger partial charge in [0.15, 0.2) is 0 Å². The minimum atomic E-state index is -1.42. The molecule has 0 aromatic heterocycles. The highest BCUT2D eigenvalue weighted by atomic mass is 32.1. The maximum atomic E-state index is 12.5. The molecule has 6 unspecified atom stereocenters. The highest BCUT2D eigenvalue weighted by Crippen LogP contribution is 2.09. The average molecular weight is 439 g/mol. The molecular weight excluding hydrogens is 408 g/mol. The highest BCUT2D eigenvalue weighted by Gasteiger charge is 2.33. The number of carboxylic acids is 1. The van der Waals surface area contributed by atoms with Crippen LogP contribution in [0.15, 0.2) is 0 Å². The predicted octanol–water partition coefficient (Wildman–Crippen LogP) is -1.86. The summed E-state index contributed by atoms with van der Waals surface area (Å²) < 4.78 is 0. The van der Waals surface area contributed by atoms with Crippen LogP contribution in [0, 0.1) is 5.92 Å². The topological polar surface area (TPSA) is 171 Å². The molecule has 6 atom stereocenters. The first kappa shape index (κ1) is 26.5. The largest absolute Gasteiger partial charge is 0.480 e. The van der Waals surface area contributed by atoms with E-state index in [2.05, 4.69) is 41.2 Å². The Bertz CT molecular complexity index is 563. The van der Waals surface area contributed by atoms with Gasteiger partial charge in [-0.25, -0.2) is 4.79 Å². The van der Waals surface area contributed by atoms with Crippen molar-refractivity contribution in [1.82, 2.24) is 16.0 Å². The first-order valence-electron chi connectivity index (χ1n) is 8.79. The second-order valence-corrected chi connectivity index (χ2v) is 7.20. The molecule has 0 spiro atoms. The van der Waals surface area contributed by atoms with Crippen LogP contribution >= 0.6 is 25.3 Å². The summed E-state index contributed by atoms with van der Waals surface area (Å²) in [5.74, 6) is -3.85. The summed E-state index contributed by atoms with van der Waals surface area (Å²) in [6, 6.07) is -4.64. The molecule has 12 heteroatoms. The zero-order valence-electron chi connectivity index (χ0n) is 16.1. The molecule has 28 heavy (non-hydrogen) atoms. The number of aliphatic carboxylic acids is 1. The summed E-state index contributed by atoms with van der Waals surface area (Å²) >= 11 is 7.90. The SMILES string of the molecule is CCC(C)C(NC(=O)C(NC(=O)C(CS)NC(=O)C(N)CS)C(C)O)C(=O)O.